The van der Waals surface area contributed by atoms with Gasteiger partial charge < -0.3 is 13.9 Å². The number of furan rings is 1. The zero-order chi connectivity index (χ0) is 42.8. The predicted octanol–water partition coefficient (Wildman–Crippen LogP) is 15.5. The molecule has 65 heavy (non-hydrogen) atoms. The van der Waals surface area contributed by atoms with E-state index in [2.05, 4.69) is 161 Å². The minimum atomic E-state index is 0.600. The molecule has 0 amide bonds. The van der Waals surface area contributed by atoms with Crippen LogP contribution < -0.4 is 4.90 Å². The van der Waals surface area contributed by atoms with Gasteiger partial charge in [-0.2, -0.15) is 0 Å². The van der Waals surface area contributed by atoms with Crippen LogP contribution in [0.1, 0.15) is 11.1 Å². The smallest absolute Gasteiger partial charge is 0.164 e. The van der Waals surface area contributed by atoms with Gasteiger partial charge in [-0.15, -0.1) is 0 Å². The van der Waals surface area contributed by atoms with Gasteiger partial charge in [0.15, 0.2) is 17.5 Å². The Hall–Kier alpha value is -8.87. The number of anilines is 3. The molecule has 1 aliphatic rings. The summed E-state index contributed by atoms with van der Waals surface area (Å²) in [5, 5.41) is 4.61. The molecule has 6 heteroatoms. The van der Waals surface area contributed by atoms with Gasteiger partial charge in [0.25, 0.3) is 0 Å². The van der Waals surface area contributed by atoms with Gasteiger partial charge in [0.2, 0.25) is 0 Å². The predicted molar refractivity (Wildman–Crippen MR) is 267 cm³/mol. The largest absolute Gasteiger partial charge is 0.456 e. The maximum Gasteiger partial charge on any atom is 0.164 e. The third kappa shape index (κ3) is 6.22. The quantitative estimate of drug-likeness (QED) is 0.167. The highest BCUT2D eigenvalue weighted by Gasteiger charge is 2.24. The van der Waals surface area contributed by atoms with Crippen molar-refractivity contribution < 1.29 is 4.42 Å². The first-order valence-corrected chi connectivity index (χ1v) is 21.8. The first-order chi connectivity index (χ1) is 32.2. The van der Waals surface area contributed by atoms with E-state index in [0.717, 1.165) is 83.6 Å². The van der Waals surface area contributed by atoms with E-state index in [1.54, 1.807) is 0 Å². The normalized spacial score (nSPS) is 12.2. The Morgan fingerprint density at radius 2 is 0.892 bits per heavy atom. The fourth-order valence-corrected chi connectivity index (χ4v) is 9.49. The van der Waals surface area contributed by atoms with Gasteiger partial charge in [0.05, 0.1) is 22.4 Å². The first-order valence-electron chi connectivity index (χ1n) is 21.8. The fourth-order valence-electron chi connectivity index (χ4n) is 9.49. The molecule has 0 N–H and O–H groups in total. The zero-order valence-electron chi connectivity index (χ0n) is 35.0. The Labute approximate surface area is 374 Å². The van der Waals surface area contributed by atoms with Gasteiger partial charge in [-0.3, -0.25) is 0 Å². The highest BCUT2D eigenvalue weighted by atomic mass is 16.3. The van der Waals surface area contributed by atoms with E-state index >= 15 is 0 Å². The molecule has 0 saturated carbocycles. The number of nitrogens with zero attached hydrogens (tertiary/aromatic N) is 5. The molecule has 4 heterocycles. The molecule has 13 rings (SSSR count). The van der Waals surface area contributed by atoms with E-state index in [0.29, 0.717) is 17.5 Å². The molecule has 6 nitrogen and oxygen atoms in total. The summed E-state index contributed by atoms with van der Waals surface area (Å²) in [6.45, 7) is 0. The molecule has 304 valence electrons. The van der Waals surface area contributed by atoms with Gasteiger partial charge in [-0.25, -0.2) is 15.0 Å². The van der Waals surface area contributed by atoms with E-state index in [1.165, 1.54) is 21.8 Å². The summed E-state index contributed by atoms with van der Waals surface area (Å²) in [5.74, 6) is 1.85. The maximum absolute atomic E-state index is 6.45. The average Bonchev–Trinajstić information content (AvgIpc) is 3.86. The van der Waals surface area contributed by atoms with Gasteiger partial charge in [0.1, 0.15) is 11.2 Å². The summed E-state index contributed by atoms with van der Waals surface area (Å²) < 4.78 is 8.82. The second kappa shape index (κ2) is 14.9. The summed E-state index contributed by atoms with van der Waals surface area (Å²) in [4.78, 5) is 17.5. The van der Waals surface area contributed by atoms with Crippen molar-refractivity contribution in [2.75, 3.05) is 4.90 Å². The van der Waals surface area contributed by atoms with Crippen LogP contribution in [0.3, 0.4) is 0 Å². The summed E-state index contributed by atoms with van der Waals surface area (Å²) >= 11 is 0. The van der Waals surface area contributed by atoms with Crippen LogP contribution in [0.25, 0.3) is 107 Å². The zero-order valence-corrected chi connectivity index (χ0v) is 35.0. The van der Waals surface area contributed by atoms with Gasteiger partial charge in [-0.1, -0.05) is 158 Å². The van der Waals surface area contributed by atoms with Gasteiger partial charge >= 0.3 is 0 Å². The van der Waals surface area contributed by atoms with E-state index < -0.39 is 0 Å². The highest BCUT2D eigenvalue weighted by molar-refractivity contribution is 6.11. The number of aromatic nitrogens is 4. The number of rotatable bonds is 6. The lowest BCUT2D eigenvalue weighted by atomic mass is 9.99. The lowest BCUT2D eigenvalue weighted by Gasteiger charge is -2.28. The molecule has 3 aromatic heterocycles. The standard InChI is InChI=1S/C59H37N5O/c1-4-15-38(16-5-1)57-60-58(39-17-6-2-7-18-39)62-59(61-57)44-19-14-22-46(34-44)64-51-32-30-40(33-42(51)27-28-43-36-56-50(37-53(43)64)49-24-11-13-26-55(49)65-56)41-29-31-48-47-23-10-12-25-52(47)63(54(48)35-41)45-20-8-3-9-21-45/h1-37H. The van der Waals surface area contributed by atoms with E-state index in [1.807, 2.05) is 72.8 Å². The molecule has 0 radical (unpaired) electrons. The van der Waals surface area contributed by atoms with Crippen LogP contribution in [0.4, 0.5) is 17.1 Å². The molecule has 0 spiro atoms. The Morgan fingerprint density at radius 1 is 0.323 bits per heavy atom. The summed E-state index contributed by atoms with van der Waals surface area (Å²) in [5.41, 5.74) is 15.4. The molecular weight excluding hydrogens is 795 g/mol. The van der Waals surface area contributed by atoms with Crippen LogP contribution in [0.5, 0.6) is 0 Å². The second-order valence-electron chi connectivity index (χ2n) is 16.5. The topological polar surface area (TPSA) is 60.0 Å². The van der Waals surface area contributed by atoms with Crippen LogP contribution in [0, 0.1) is 0 Å². The van der Waals surface area contributed by atoms with Crippen LogP contribution in [-0.4, -0.2) is 19.5 Å². The van der Waals surface area contributed by atoms with Crippen molar-refractivity contribution in [3.8, 4) is 51.0 Å². The first kappa shape index (κ1) is 36.8. The Kier molecular flexibility index (Phi) is 8.42. The minimum Gasteiger partial charge on any atom is -0.456 e. The molecule has 0 aliphatic carbocycles. The molecule has 0 saturated heterocycles. The number of para-hydroxylation sites is 3. The third-order valence-corrected chi connectivity index (χ3v) is 12.6. The van der Waals surface area contributed by atoms with E-state index in [4.69, 9.17) is 19.4 Å². The van der Waals surface area contributed by atoms with Gasteiger partial charge in [-0.05, 0) is 83.4 Å². The van der Waals surface area contributed by atoms with Crippen molar-refractivity contribution >= 4 is 73.0 Å². The van der Waals surface area contributed by atoms with Crippen LogP contribution in [-0.2, 0) is 0 Å². The maximum atomic E-state index is 6.45. The molecule has 12 aromatic rings. The number of hydrogen-bond acceptors (Lipinski definition) is 5. The molecule has 0 bridgehead atoms. The minimum absolute atomic E-state index is 0.600. The monoisotopic (exact) mass is 831 g/mol. The Morgan fingerprint density at radius 3 is 1.65 bits per heavy atom. The Bertz CT molecular complexity index is 3780. The lowest BCUT2D eigenvalue weighted by Crippen LogP contribution is -2.12. The third-order valence-electron chi connectivity index (χ3n) is 12.6. The van der Waals surface area contributed by atoms with Crippen molar-refractivity contribution in [3.63, 3.8) is 0 Å². The van der Waals surface area contributed by atoms with Crippen molar-refractivity contribution in [1.29, 1.82) is 0 Å². The summed E-state index contributed by atoms with van der Waals surface area (Å²) in [7, 11) is 0. The molecule has 1 aliphatic heterocycles. The van der Waals surface area contributed by atoms with Crippen molar-refractivity contribution in [1.82, 2.24) is 19.5 Å². The van der Waals surface area contributed by atoms with E-state index in [-0.39, 0.29) is 0 Å². The van der Waals surface area contributed by atoms with Crippen molar-refractivity contribution in [2.45, 2.75) is 0 Å². The lowest BCUT2D eigenvalue weighted by molar-refractivity contribution is 0.669. The van der Waals surface area contributed by atoms with Crippen molar-refractivity contribution in [2.24, 2.45) is 0 Å². The molecular formula is C59H37N5O. The Balaban J connectivity index is 0.990. The fraction of sp³-hybridized carbons (Fsp3) is 0. The molecule has 0 atom stereocenters. The van der Waals surface area contributed by atoms with Crippen LogP contribution >= 0.6 is 0 Å². The van der Waals surface area contributed by atoms with Crippen molar-refractivity contribution in [3.05, 3.63) is 223 Å². The van der Waals surface area contributed by atoms with E-state index in [9.17, 15) is 0 Å². The molecule has 0 unspecified atom stereocenters. The number of hydrogen-bond donors (Lipinski definition) is 0. The second-order valence-corrected chi connectivity index (χ2v) is 16.5. The SMILES string of the molecule is C1=Cc2cc3oc4ccccc4c3cc2N(c2cccc(-c3nc(-c4ccccc4)nc(-c4ccccc4)n3)c2)c2ccc(-c3ccc4c5ccccc5n(-c5ccccc5)c4c3)cc21. The molecule has 9 aromatic carbocycles. The summed E-state index contributed by atoms with van der Waals surface area (Å²) in [6, 6.07) is 74.5. The average molecular weight is 832 g/mol. The summed E-state index contributed by atoms with van der Waals surface area (Å²) in [6.07, 6.45) is 4.45. The van der Waals surface area contributed by atoms with Crippen LogP contribution in [0.15, 0.2) is 217 Å². The number of benzene rings is 9. The highest BCUT2D eigenvalue weighted by Crippen LogP contribution is 2.47. The number of fused-ring (bicyclic) bond motifs is 8. The molecule has 0 fully saturated rings. The van der Waals surface area contributed by atoms with Gasteiger partial charge in [0, 0.05) is 55.2 Å². The van der Waals surface area contributed by atoms with Crippen LogP contribution in [0.2, 0.25) is 0 Å².